The Balaban J connectivity index is 1.57. The molecule has 3 aromatic rings. The number of nitrogens with one attached hydrogen (secondary N) is 1. The minimum atomic E-state index is -5.77. The highest BCUT2D eigenvalue weighted by atomic mass is 32.1. The van der Waals surface area contributed by atoms with Gasteiger partial charge in [0.25, 0.3) is 5.56 Å². The molecule has 0 bridgehead atoms. The number of phosphoric acid groups is 3. The molecular formula is C16H20N9O13P3S. The molecule has 42 heavy (non-hydrogen) atoms. The predicted octanol–water partition coefficient (Wildman–Crippen LogP) is 1.49. The third kappa shape index (κ3) is 7.94. The van der Waals surface area contributed by atoms with E-state index in [9.17, 15) is 33.1 Å². The van der Waals surface area contributed by atoms with Gasteiger partial charge in [-0.3, -0.25) is 23.7 Å². The van der Waals surface area contributed by atoms with Gasteiger partial charge >= 0.3 is 23.5 Å². The van der Waals surface area contributed by atoms with E-state index < -0.39 is 59.7 Å². The van der Waals surface area contributed by atoms with Crippen LogP contribution in [0.2, 0.25) is 0 Å². The quantitative estimate of drug-likeness (QED) is 0.0492. The number of anilines is 1. The minimum Gasteiger partial charge on any atom is -0.369 e. The lowest BCUT2D eigenvalue weighted by molar-refractivity contribution is -0.0287. The Labute approximate surface area is 236 Å². The molecule has 228 valence electrons. The average Bonchev–Trinajstić information content (AvgIpc) is 3.57. The van der Waals surface area contributed by atoms with Gasteiger partial charge in [-0.05, 0) is 17.9 Å². The molecule has 1 saturated heterocycles. The van der Waals surface area contributed by atoms with E-state index in [4.69, 9.17) is 30.3 Å². The number of hydrogen-bond donors (Lipinski definition) is 6. The summed E-state index contributed by atoms with van der Waals surface area (Å²) in [6.45, 7) is -1.03. The number of imidazole rings is 1. The molecule has 1 aliphatic heterocycles. The number of azide groups is 1. The third-order valence-electron chi connectivity index (χ3n) is 5.57. The Hall–Kier alpha value is -2.87. The summed E-state index contributed by atoms with van der Waals surface area (Å²) in [5.74, 6) is -1.45. The number of thiazole rings is 1. The van der Waals surface area contributed by atoms with Gasteiger partial charge in [0.1, 0.15) is 6.23 Å². The monoisotopic (exact) mass is 671 g/mol. The first kappa shape index (κ1) is 32.1. The molecular weight excluding hydrogens is 651 g/mol. The van der Waals surface area contributed by atoms with Crippen molar-refractivity contribution in [1.82, 2.24) is 24.5 Å². The molecule has 4 rings (SSSR count). The molecule has 0 aromatic carbocycles. The SMILES string of the molecule is [N-]=[N+]=NCc1ncsc1C(=O)CC1C[C@H](n2cnc3c(=O)[nH]c(N)nc32)O[C@@H]1COP(=O)(O)OP(=O)(O)OP(=O)(O)O. The van der Waals surface area contributed by atoms with Crippen LogP contribution in [0.1, 0.15) is 34.4 Å². The van der Waals surface area contributed by atoms with E-state index in [1.807, 2.05) is 0 Å². The van der Waals surface area contributed by atoms with E-state index >= 15 is 0 Å². The third-order valence-corrected chi connectivity index (χ3v) is 10.3. The molecule has 22 nitrogen and oxygen atoms in total. The second-order valence-electron chi connectivity index (χ2n) is 8.43. The minimum absolute atomic E-state index is 0.0268. The van der Waals surface area contributed by atoms with Crippen molar-refractivity contribution >= 4 is 57.7 Å². The van der Waals surface area contributed by atoms with Crippen LogP contribution in [-0.4, -0.2) is 62.6 Å². The highest BCUT2D eigenvalue weighted by molar-refractivity contribution is 7.66. The number of ether oxygens (including phenoxy) is 1. The van der Waals surface area contributed by atoms with Crippen molar-refractivity contribution in [3.8, 4) is 0 Å². The lowest BCUT2D eigenvalue weighted by Gasteiger charge is -2.21. The second kappa shape index (κ2) is 12.4. The summed E-state index contributed by atoms with van der Waals surface area (Å²) in [5, 5.41) is 3.40. The Morgan fingerprint density at radius 2 is 2.00 bits per heavy atom. The highest BCUT2D eigenvalue weighted by Gasteiger charge is 2.44. The number of phosphoric ester groups is 1. The summed E-state index contributed by atoms with van der Waals surface area (Å²) in [5.41, 5.74) is 15.1. The summed E-state index contributed by atoms with van der Waals surface area (Å²) < 4.78 is 54.3. The summed E-state index contributed by atoms with van der Waals surface area (Å²) in [4.78, 5) is 79.2. The Morgan fingerprint density at radius 1 is 1.26 bits per heavy atom. The van der Waals surface area contributed by atoms with Crippen molar-refractivity contribution in [2.24, 2.45) is 11.0 Å². The van der Waals surface area contributed by atoms with Crippen molar-refractivity contribution in [3.63, 3.8) is 0 Å². The van der Waals surface area contributed by atoms with E-state index in [1.165, 1.54) is 16.4 Å². The Kier molecular flexibility index (Phi) is 9.46. The van der Waals surface area contributed by atoms with Crippen LogP contribution in [0.25, 0.3) is 21.6 Å². The molecule has 3 aromatic heterocycles. The van der Waals surface area contributed by atoms with E-state index in [2.05, 4.69) is 38.6 Å². The maximum Gasteiger partial charge on any atom is 0.490 e. The molecule has 3 unspecified atom stereocenters. The zero-order valence-electron chi connectivity index (χ0n) is 20.6. The first-order valence-electron chi connectivity index (χ1n) is 11.2. The van der Waals surface area contributed by atoms with Crippen LogP contribution in [-0.2, 0) is 38.1 Å². The summed E-state index contributed by atoms with van der Waals surface area (Å²) in [6, 6.07) is 0. The molecule has 7 N–H and O–H groups in total. The molecule has 5 atom stereocenters. The maximum absolute atomic E-state index is 13.2. The topological polar surface area (TPSA) is 337 Å². The fraction of sp³-hybridized carbons (Fsp3) is 0.438. The van der Waals surface area contributed by atoms with Crippen LogP contribution in [0, 0.1) is 5.92 Å². The van der Waals surface area contributed by atoms with Gasteiger partial charge in [-0.25, -0.2) is 23.7 Å². The van der Waals surface area contributed by atoms with Crippen LogP contribution in [0.4, 0.5) is 5.95 Å². The molecule has 0 aliphatic carbocycles. The molecule has 0 saturated carbocycles. The number of Topliss-reactive ketones (excluding diaryl/α,β-unsaturated/α-hetero) is 1. The highest BCUT2D eigenvalue weighted by Crippen LogP contribution is 2.66. The molecule has 0 radical (unpaired) electrons. The number of carbonyl (C=O) groups is 1. The predicted molar refractivity (Wildman–Crippen MR) is 138 cm³/mol. The summed E-state index contributed by atoms with van der Waals surface area (Å²) in [6.07, 6.45) is -1.16. The molecule has 26 heteroatoms. The first-order valence-corrected chi connectivity index (χ1v) is 16.6. The van der Waals surface area contributed by atoms with Gasteiger partial charge in [-0.1, -0.05) is 5.11 Å². The van der Waals surface area contributed by atoms with Crippen molar-refractivity contribution in [3.05, 3.63) is 43.2 Å². The van der Waals surface area contributed by atoms with Gasteiger partial charge in [0.05, 0.1) is 41.7 Å². The lowest BCUT2D eigenvalue weighted by Crippen LogP contribution is -2.24. The van der Waals surface area contributed by atoms with E-state index in [-0.39, 0.29) is 47.1 Å². The number of nitrogens with zero attached hydrogens (tertiary/aromatic N) is 7. The number of nitrogens with two attached hydrogens (primary N) is 1. The number of aromatic nitrogens is 5. The molecule has 0 amide bonds. The number of ketones is 1. The zero-order valence-corrected chi connectivity index (χ0v) is 24.1. The smallest absolute Gasteiger partial charge is 0.369 e. The van der Waals surface area contributed by atoms with Crippen molar-refractivity contribution in [2.75, 3.05) is 12.3 Å². The number of carbonyl (C=O) groups excluding carboxylic acids is 1. The van der Waals surface area contributed by atoms with E-state index in [0.29, 0.717) is 0 Å². The van der Waals surface area contributed by atoms with E-state index in [1.54, 1.807) is 0 Å². The fourth-order valence-corrected chi connectivity index (χ4v) is 7.79. The Bertz CT molecular complexity index is 1750. The first-order chi connectivity index (χ1) is 19.6. The maximum atomic E-state index is 13.2. The number of rotatable bonds is 13. The summed E-state index contributed by atoms with van der Waals surface area (Å²) in [7, 11) is -16.9. The van der Waals surface area contributed by atoms with Crippen LogP contribution >= 0.6 is 34.8 Å². The number of fused-ring (bicyclic) bond motifs is 1. The average molecular weight is 671 g/mol. The van der Waals surface area contributed by atoms with Gasteiger partial charge < -0.3 is 30.0 Å². The summed E-state index contributed by atoms with van der Waals surface area (Å²) >= 11 is 0.990. The molecule has 4 heterocycles. The van der Waals surface area contributed by atoms with Gasteiger partial charge in [0, 0.05) is 11.3 Å². The molecule has 1 fully saturated rings. The molecule has 1 aliphatic rings. The van der Waals surface area contributed by atoms with Gasteiger partial charge in [0.2, 0.25) is 5.95 Å². The van der Waals surface area contributed by atoms with Crippen LogP contribution < -0.4 is 11.3 Å². The number of aromatic amines is 1. The largest absolute Gasteiger partial charge is 0.490 e. The Morgan fingerprint density at radius 3 is 2.69 bits per heavy atom. The number of nitrogen functional groups attached to an aromatic ring is 1. The number of hydrogen-bond acceptors (Lipinski definition) is 15. The number of H-pyrrole nitrogens is 1. The zero-order chi connectivity index (χ0) is 30.9. The van der Waals surface area contributed by atoms with Crippen LogP contribution in [0.5, 0.6) is 0 Å². The normalized spacial score (nSPS) is 22.0. The van der Waals surface area contributed by atoms with Gasteiger partial charge in [-0.15, -0.1) is 11.3 Å². The van der Waals surface area contributed by atoms with Crippen LogP contribution in [0.3, 0.4) is 0 Å². The fourth-order valence-electron chi connectivity index (χ4n) is 4.01. The van der Waals surface area contributed by atoms with Crippen LogP contribution in [0.15, 0.2) is 21.7 Å². The molecule has 0 spiro atoms. The standard InChI is InChI=1S/C16H20N9O13P3S/c17-16-22-14-12(15(27)23-16)19-5-25(14)11-2-7(1-9(26)13-8(3-21-24-18)20-6-42-13)10(36-11)4-35-40(31,32)38-41(33,34)37-39(28,29)30/h5-7,10-11H,1-4H2,(H,31,32)(H,33,34)(H2,28,29,30)(H3,17,22,23,27)/t7?,10-,11-/m1/s1. The van der Waals surface area contributed by atoms with Crippen molar-refractivity contribution in [2.45, 2.75) is 31.7 Å². The van der Waals surface area contributed by atoms with Gasteiger partial charge in [-0.2, -0.15) is 13.6 Å². The van der Waals surface area contributed by atoms with E-state index in [0.717, 1.165) is 11.3 Å². The second-order valence-corrected chi connectivity index (χ2v) is 13.7. The van der Waals surface area contributed by atoms with Crippen molar-refractivity contribution < 1.29 is 55.9 Å². The van der Waals surface area contributed by atoms with Gasteiger partial charge in [0.15, 0.2) is 16.9 Å². The lowest BCUT2D eigenvalue weighted by atomic mass is 9.94. The van der Waals surface area contributed by atoms with Crippen molar-refractivity contribution in [1.29, 1.82) is 0 Å².